The van der Waals surface area contributed by atoms with Crippen molar-refractivity contribution in [2.45, 2.75) is 32.4 Å². The van der Waals surface area contributed by atoms with Gasteiger partial charge in [-0.15, -0.1) is 0 Å². The molecule has 1 aliphatic heterocycles. The van der Waals surface area contributed by atoms with E-state index in [2.05, 4.69) is 4.72 Å². The normalized spacial score (nSPS) is 15.3. The maximum atomic E-state index is 12.0. The van der Waals surface area contributed by atoms with Gasteiger partial charge in [-0.05, 0) is 43.5 Å². The molecule has 1 heterocycles. The molecule has 122 valence electrons. The number of nitrogens with zero attached hydrogens (tertiary/aromatic N) is 1. The van der Waals surface area contributed by atoms with Gasteiger partial charge in [0.1, 0.15) is 0 Å². The van der Waals surface area contributed by atoms with Crippen molar-refractivity contribution in [3.63, 3.8) is 0 Å². The lowest BCUT2D eigenvalue weighted by atomic mass is 9.99. The number of benzene rings is 1. The topological polar surface area (TPSA) is 107 Å². The van der Waals surface area contributed by atoms with Crippen LogP contribution in [0.25, 0.3) is 0 Å². The number of nitrogens with one attached hydrogen (secondary N) is 1. The van der Waals surface area contributed by atoms with Gasteiger partial charge in [0, 0.05) is 18.8 Å². The zero-order valence-corrected chi connectivity index (χ0v) is 13.4. The number of hydrogen-bond donors (Lipinski definition) is 3. The number of hydrogen-bond acceptors (Lipinski definition) is 4. The lowest BCUT2D eigenvalue weighted by molar-refractivity contribution is 0.105. The Bertz CT molecular complexity index is 679. The molecule has 0 saturated heterocycles. The van der Waals surface area contributed by atoms with Gasteiger partial charge in [0.25, 0.3) is 0 Å². The third-order valence-corrected chi connectivity index (χ3v) is 4.94. The fraction of sp³-hybridized carbons (Fsp3) is 0.500. The highest BCUT2D eigenvalue weighted by molar-refractivity contribution is 7.92. The molecule has 1 aliphatic rings. The van der Waals surface area contributed by atoms with Crippen LogP contribution in [0.5, 0.6) is 0 Å². The molecule has 8 heteroatoms. The molecule has 0 atom stereocenters. The molecule has 0 spiro atoms. The highest BCUT2D eigenvalue weighted by atomic mass is 32.2. The number of anilines is 1. The van der Waals surface area contributed by atoms with Crippen molar-refractivity contribution in [1.29, 1.82) is 0 Å². The standard InChI is InChI=1S/C14H20N2O5S/c1-14(2,19)9-22(20,21)15-12-4-3-11-8-16(13(17)18)6-5-10(11)7-12/h3-4,7,15,19H,5-6,8-9H2,1-2H3,(H,17,18). The maximum Gasteiger partial charge on any atom is 0.407 e. The first-order chi connectivity index (χ1) is 10.1. The highest BCUT2D eigenvalue weighted by Gasteiger charge is 2.24. The third-order valence-electron chi connectivity index (χ3n) is 3.31. The molecular formula is C14H20N2O5S. The smallest absolute Gasteiger partial charge is 0.407 e. The average molecular weight is 328 g/mol. The SMILES string of the molecule is CC(C)(O)CS(=O)(=O)Nc1ccc2c(c1)CCN(C(=O)O)C2. The van der Waals surface area contributed by atoms with Gasteiger partial charge in [-0.25, -0.2) is 13.2 Å². The fourth-order valence-electron chi connectivity index (χ4n) is 2.46. The minimum atomic E-state index is -3.65. The average Bonchev–Trinajstić information content (AvgIpc) is 2.34. The van der Waals surface area contributed by atoms with Crippen molar-refractivity contribution in [3.05, 3.63) is 29.3 Å². The second-order valence-electron chi connectivity index (χ2n) is 6.11. The molecule has 1 amide bonds. The Balaban J connectivity index is 2.15. The van der Waals surface area contributed by atoms with Gasteiger partial charge in [0.05, 0.1) is 11.4 Å². The molecular weight excluding hydrogens is 308 g/mol. The van der Waals surface area contributed by atoms with E-state index >= 15 is 0 Å². The highest BCUT2D eigenvalue weighted by Crippen LogP contribution is 2.23. The number of amides is 1. The first kappa shape index (κ1) is 16.6. The Labute approximate surface area is 129 Å². The summed E-state index contributed by atoms with van der Waals surface area (Å²) in [5.41, 5.74) is 0.911. The van der Waals surface area contributed by atoms with Gasteiger partial charge < -0.3 is 15.1 Å². The third kappa shape index (κ3) is 4.35. The molecule has 2 rings (SSSR count). The summed E-state index contributed by atoms with van der Waals surface area (Å²) in [7, 11) is -3.65. The number of sulfonamides is 1. The fourth-order valence-corrected chi connectivity index (χ4v) is 3.95. The Morgan fingerprint density at radius 2 is 2.05 bits per heavy atom. The van der Waals surface area contributed by atoms with E-state index < -0.39 is 27.5 Å². The van der Waals surface area contributed by atoms with Crippen molar-refractivity contribution in [3.8, 4) is 0 Å². The maximum absolute atomic E-state index is 12.0. The second kappa shape index (κ2) is 5.77. The van der Waals surface area contributed by atoms with Gasteiger partial charge in [-0.1, -0.05) is 6.07 Å². The quantitative estimate of drug-likeness (QED) is 0.771. The van der Waals surface area contributed by atoms with Crippen LogP contribution in [0, 0.1) is 0 Å². The van der Waals surface area contributed by atoms with E-state index in [0.29, 0.717) is 25.2 Å². The minimum Gasteiger partial charge on any atom is -0.465 e. The molecule has 0 aliphatic carbocycles. The van der Waals surface area contributed by atoms with Crippen molar-refractivity contribution in [1.82, 2.24) is 4.90 Å². The summed E-state index contributed by atoms with van der Waals surface area (Å²) < 4.78 is 26.4. The van der Waals surface area contributed by atoms with E-state index in [0.717, 1.165) is 11.1 Å². The molecule has 0 saturated carbocycles. The number of carboxylic acid groups (broad SMARTS) is 1. The zero-order chi connectivity index (χ0) is 16.5. The zero-order valence-electron chi connectivity index (χ0n) is 12.5. The molecule has 3 N–H and O–H groups in total. The van der Waals surface area contributed by atoms with E-state index in [-0.39, 0.29) is 0 Å². The van der Waals surface area contributed by atoms with Crippen LogP contribution in [0.4, 0.5) is 10.5 Å². The van der Waals surface area contributed by atoms with Crippen LogP contribution in [-0.4, -0.2) is 47.5 Å². The molecule has 7 nitrogen and oxygen atoms in total. The molecule has 0 radical (unpaired) electrons. The van der Waals surface area contributed by atoms with E-state index in [1.54, 1.807) is 18.2 Å². The molecule has 0 fully saturated rings. The lowest BCUT2D eigenvalue weighted by Gasteiger charge is -2.27. The molecule has 0 bridgehead atoms. The number of aliphatic hydroxyl groups is 1. The van der Waals surface area contributed by atoms with Crippen LogP contribution in [0.2, 0.25) is 0 Å². The Morgan fingerprint density at radius 3 is 2.64 bits per heavy atom. The number of rotatable bonds is 4. The molecule has 1 aromatic rings. The predicted molar refractivity (Wildman–Crippen MR) is 82.3 cm³/mol. The molecule has 0 aromatic heterocycles. The largest absolute Gasteiger partial charge is 0.465 e. The van der Waals surface area contributed by atoms with Crippen molar-refractivity contribution >= 4 is 21.8 Å². The molecule has 0 unspecified atom stereocenters. The van der Waals surface area contributed by atoms with Crippen LogP contribution < -0.4 is 4.72 Å². The van der Waals surface area contributed by atoms with E-state index in [9.17, 15) is 18.3 Å². The van der Waals surface area contributed by atoms with Crippen molar-refractivity contribution < 1.29 is 23.4 Å². The summed E-state index contributed by atoms with van der Waals surface area (Å²) in [5, 5.41) is 18.6. The van der Waals surface area contributed by atoms with Crippen LogP contribution in [0.3, 0.4) is 0 Å². The van der Waals surface area contributed by atoms with E-state index in [1.165, 1.54) is 18.7 Å². The van der Waals surface area contributed by atoms with Crippen LogP contribution >= 0.6 is 0 Å². The molecule has 1 aromatic carbocycles. The number of fused-ring (bicyclic) bond motifs is 1. The summed E-state index contributed by atoms with van der Waals surface area (Å²) in [6, 6.07) is 5.05. The van der Waals surface area contributed by atoms with Gasteiger partial charge in [0.15, 0.2) is 0 Å². The van der Waals surface area contributed by atoms with Gasteiger partial charge in [-0.3, -0.25) is 4.72 Å². The monoisotopic (exact) mass is 328 g/mol. The second-order valence-corrected chi connectivity index (χ2v) is 7.83. The van der Waals surface area contributed by atoms with Crippen molar-refractivity contribution in [2.24, 2.45) is 0 Å². The Morgan fingerprint density at radius 1 is 1.36 bits per heavy atom. The summed E-state index contributed by atoms with van der Waals surface area (Å²) in [4.78, 5) is 12.3. The summed E-state index contributed by atoms with van der Waals surface area (Å²) in [6.45, 7) is 3.56. The van der Waals surface area contributed by atoms with Gasteiger partial charge >= 0.3 is 6.09 Å². The Kier molecular flexibility index (Phi) is 4.35. The predicted octanol–water partition coefficient (Wildman–Crippen LogP) is 1.24. The lowest BCUT2D eigenvalue weighted by Crippen LogP contribution is -2.35. The summed E-state index contributed by atoms with van der Waals surface area (Å²) >= 11 is 0. The van der Waals surface area contributed by atoms with Crippen LogP contribution in [-0.2, 0) is 23.0 Å². The summed E-state index contributed by atoms with van der Waals surface area (Å²) in [5.74, 6) is -0.399. The summed E-state index contributed by atoms with van der Waals surface area (Å²) in [6.07, 6.45) is -0.413. The van der Waals surface area contributed by atoms with Crippen LogP contribution in [0.15, 0.2) is 18.2 Å². The first-order valence-corrected chi connectivity index (χ1v) is 8.53. The number of carbonyl (C=O) groups is 1. The molecule has 22 heavy (non-hydrogen) atoms. The van der Waals surface area contributed by atoms with E-state index in [4.69, 9.17) is 5.11 Å². The minimum absolute atomic E-state index is 0.307. The Hall–Kier alpha value is -1.80. The first-order valence-electron chi connectivity index (χ1n) is 6.88. The van der Waals surface area contributed by atoms with Gasteiger partial charge in [0.2, 0.25) is 10.0 Å². The van der Waals surface area contributed by atoms with Crippen LogP contribution in [0.1, 0.15) is 25.0 Å². The van der Waals surface area contributed by atoms with E-state index in [1.807, 2.05) is 0 Å². The van der Waals surface area contributed by atoms with Crippen molar-refractivity contribution in [2.75, 3.05) is 17.0 Å². The van der Waals surface area contributed by atoms with Gasteiger partial charge in [-0.2, -0.15) is 0 Å².